The number of methoxy groups -OCH3 is 1. The number of aromatic nitrogens is 3. The van der Waals surface area contributed by atoms with E-state index < -0.39 is 0 Å². The van der Waals surface area contributed by atoms with E-state index in [9.17, 15) is 0 Å². The van der Waals surface area contributed by atoms with Gasteiger partial charge in [0.2, 0.25) is 5.88 Å². The third kappa shape index (κ3) is 1.96. The molecule has 1 aliphatic rings. The third-order valence-electron chi connectivity index (χ3n) is 3.37. The van der Waals surface area contributed by atoms with Gasteiger partial charge in [-0.3, -0.25) is 0 Å². The van der Waals surface area contributed by atoms with E-state index in [2.05, 4.69) is 15.0 Å². The number of rotatable bonds is 2. The van der Waals surface area contributed by atoms with Gasteiger partial charge in [-0.25, -0.2) is 9.97 Å². The fourth-order valence-corrected chi connectivity index (χ4v) is 2.41. The second-order valence-electron chi connectivity index (χ2n) is 4.66. The molecule has 0 saturated carbocycles. The molecule has 4 rings (SSSR count). The third-order valence-corrected chi connectivity index (χ3v) is 3.37. The van der Waals surface area contributed by atoms with Gasteiger partial charge in [0.05, 0.1) is 23.7 Å². The number of imidazole rings is 1. The van der Waals surface area contributed by atoms with Gasteiger partial charge in [-0.1, -0.05) is 0 Å². The Labute approximate surface area is 120 Å². The van der Waals surface area contributed by atoms with Gasteiger partial charge in [0.1, 0.15) is 19.0 Å². The van der Waals surface area contributed by atoms with Crippen LogP contribution in [0.3, 0.4) is 0 Å². The van der Waals surface area contributed by atoms with Gasteiger partial charge in [-0.2, -0.15) is 0 Å². The first kappa shape index (κ1) is 12.0. The summed E-state index contributed by atoms with van der Waals surface area (Å²) < 4.78 is 16.4. The zero-order chi connectivity index (χ0) is 14.2. The Morgan fingerprint density at radius 1 is 1.19 bits per heavy atom. The molecule has 0 unspecified atom stereocenters. The minimum atomic E-state index is 0.536. The highest BCUT2D eigenvalue weighted by molar-refractivity contribution is 5.83. The molecule has 21 heavy (non-hydrogen) atoms. The molecule has 0 saturated heterocycles. The highest BCUT2D eigenvalue weighted by atomic mass is 16.6. The minimum absolute atomic E-state index is 0.536. The lowest BCUT2D eigenvalue weighted by Gasteiger charge is -2.17. The number of ether oxygens (including phenoxy) is 3. The fraction of sp³-hybridized carbons (Fsp3) is 0.200. The molecule has 6 nitrogen and oxygen atoms in total. The van der Waals surface area contributed by atoms with E-state index in [4.69, 9.17) is 14.2 Å². The molecule has 3 aromatic rings. The summed E-state index contributed by atoms with van der Waals surface area (Å²) >= 11 is 0. The van der Waals surface area contributed by atoms with Crippen LogP contribution < -0.4 is 14.2 Å². The van der Waals surface area contributed by atoms with Crippen molar-refractivity contribution in [2.45, 2.75) is 0 Å². The topological polar surface area (TPSA) is 69.3 Å². The number of benzene rings is 1. The van der Waals surface area contributed by atoms with E-state index in [1.165, 1.54) is 0 Å². The molecule has 0 radical (unpaired) electrons. The molecule has 0 bridgehead atoms. The summed E-state index contributed by atoms with van der Waals surface area (Å²) in [7, 11) is 1.59. The number of hydrogen-bond donors (Lipinski definition) is 1. The molecule has 0 aliphatic carbocycles. The summed E-state index contributed by atoms with van der Waals surface area (Å²) in [5.74, 6) is 2.71. The van der Waals surface area contributed by atoms with Crippen molar-refractivity contribution in [3.63, 3.8) is 0 Å². The second-order valence-corrected chi connectivity index (χ2v) is 4.66. The maximum atomic E-state index is 5.58. The monoisotopic (exact) mass is 283 g/mol. The number of nitrogens with one attached hydrogen (secondary N) is 1. The van der Waals surface area contributed by atoms with Crippen molar-refractivity contribution in [3.05, 3.63) is 30.5 Å². The summed E-state index contributed by atoms with van der Waals surface area (Å²) in [6.45, 7) is 1.13. The van der Waals surface area contributed by atoms with Crippen LogP contribution >= 0.6 is 0 Å². The van der Waals surface area contributed by atoms with Crippen molar-refractivity contribution in [1.29, 1.82) is 0 Å². The molecule has 0 atom stereocenters. The molecular formula is C15H13N3O3. The zero-order valence-corrected chi connectivity index (χ0v) is 11.4. The smallest absolute Gasteiger partial charge is 0.224 e. The van der Waals surface area contributed by atoms with Crippen molar-refractivity contribution in [3.8, 4) is 28.8 Å². The number of fused-ring (bicyclic) bond motifs is 2. The molecule has 1 aromatic carbocycles. The summed E-state index contributed by atoms with van der Waals surface area (Å²) in [5, 5.41) is 0. The Morgan fingerprint density at radius 2 is 2.00 bits per heavy atom. The van der Waals surface area contributed by atoms with Crippen molar-refractivity contribution in [2.75, 3.05) is 20.3 Å². The Morgan fingerprint density at radius 3 is 2.81 bits per heavy atom. The van der Waals surface area contributed by atoms with Crippen LogP contribution in [0.5, 0.6) is 17.4 Å². The molecule has 2 aromatic heterocycles. The van der Waals surface area contributed by atoms with Gasteiger partial charge in [-0.15, -0.1) is 0 Å². The standard InChI is InChI=1S/C15H13N3O3/c1-19-15-9(3-2-4-16-15)14-17-10-7-12-13(8-11(10)18-14)21-6-5-20-12/h2-4,7-8H,5-6H2,1H3,(H,17,18). The van der Waals surface area contributed by atoms with E-state index >= 15 is 0 Å². The van der Waals surface area contributed by atoms with E-state index in [0.29, 0.717) is 24.9 Å². The first-order valence-corrected chi connectivity index (χ1v) is 6.64. The molecule has 106 valence electrons. The number of pyridine rings is 1. The van der Waals surface area contributed by atoms with Crippen LogP contribution in [0, 0.1) is 0 Å². The number of hydrogen-bond acceptors (Lipinski definition) is 5. The van der Waals surface area contributed by atoms with Crippen LogP contribution in [0.15, 0.2) is 30.5 Å². The van der Waals surface area contributed by atoms with Crippen LogP contribution in [-0.2, 0) is 0 Å². The number of aromatic amines is 1. The summed E-state index contributed by atoms with van der Waals surface area (Å²) in [4.78, 5) is 12.0. The predicted octanol–water partition coefficient (Wildman–Crippen LogP) is 2.40. The van der Waals surface area contributed by atoms with Gasteiger partial charge >= 0.3 is 0 Å². The maximum absolute atomic E-state index is 5.58. The molecule has 0 spiro atoms. The highest BCUT2D eigenvalue weighted by Gasteiger charge is 2.16. The minimum Gasteiger partial charge on any atom is -0.486 e. The van der Waals surface area contributed by atoms with Crippen molar-refractivity contribution in [1.82, 2.24) is 15.0 Å². The van der Waals surface area contributed by atoms with Crippen LogP contribution in [0.4, 0.5) is 0 Å². The zero-order valence-electron chi connectivity index (χ0n) is 11.4. The maximum Gasteiger partial charge on any atom is 0.224 e. The lowest BCUT2D eigenvalue weighted by molar-refractivity contribution is 0.172. The van der Waals surface area contributed by atoms with Crippen molar-refractivity contribution in [2.24, 2.45) is 0 Å². The molecular weight excluding hydrogens is 270 g/mol. The quantitative estimate of drug-likeness (QED) is 0.782. The lowest BCUT2D eigenvalue weighted by Crippen LogP contribution is -2.15. The SMILES string of the molecule is COc1ncccc1-c1nc2cc3c(cc2[nH]1)OCCO3. The predicted molar refractivity (Wildman–Crippen MR) is 76.9 cm³/mol. The molecule has 6 heteroatoms. The van der Waals surface area contributed by atoms with Crippen LogP contribution in [0.25, 0.3) is 22.4 Å². The molecule has 1 aliphatic heterocycles. The summed E-state index contributed by atoms with van der Waals surface area (Å²) in [6, 6.07) is 7.55. The van der Waals surface area contributed by atoms with E-state index in [-0.39, 0.29) is 0 Å². The van der Waals surface area contributed by atoms with E-state index in [1.807, 2.05) is 24.3 Å². The number of nitrogens with zero attached hydrogens (tertiary/aromatic N) is 2. The number of H-pyrrole nitrogens is 1. The van der Waals surface area contributed by atoms with Crippen molar-refractivity contribution >= 4 is 11.0 Å². The Hall–Kier alpha value is -2.76. The Kier molecular flexibility index (Phi) is 2.67. The van der Waals surface area contributed by atoms with Gasteiger partial charge in [-0.05, 0) is 12.1 Å². The first-order valence-electron chi connectivity index (χ1n) is 6.64. The average molecular weight is 283 g/mol. The Bertz CT molecular complexity index is 770. The van der Waals surface area contributed by atoms with Crippen LogP contribution in [0.1, 0.15) is 0 Å². The van der Waals surface area contributed by atoms with Gasteiger partial charge in [0.15, 0.2) is 11.5 Å². The molecule has 1 N–H and O–H groups in total. The highest BCUT2D eigenvalue weighted by Crippen LogP contribution is 2.35. The second kappa shape index (κ2) is 4.66. The van der Waals surface area contributed by atoms with Gasteiger partial charge < -0.3 is 19.2 Å². The lowest BCUT2D eigenvalue weighted by atomic mass is 10.2. The van der Waals surface area contributed by atoms with Crippen molar-refractivity contribution < 1.29 is 14.2 Å². The average Bonchev–Trinajstić information content (AvgIpc) is 2.95. The van der Waals surface area contributed by atoms with Gasteiger partial charge in [0.25, 0.3) is 0 Å². The molecule has 0 fully saturated rings. The normalized spacial score (nSPS) is 13.4. The first-order chi connectivity index (χ1) is 10.3. The summed E-state index contributed by atoms with van der Waals surface area (Å²) in [5.41, 5.74) is 2.52. The van der Waals surface area contributed by atoms with Crippen LogP contribution in [-0.4, -0.2) is 35.3 Å². The largest absolute Gasteiger partial charge is 0.486 e. The van der Waals surface area contributed by atoms with Gasteiger partial charge in [0, 0.05) is 18.3 Å². The fourth-order valence-electron chi connectivity index (χ4n) is 2.41. The Balaban J connectivity index is 1.87. The summed E-state index contributed by atoms with van der Waals surface area (Å²) in [6.07, 6.45) is 1.69. The molecule has 0 amide bonds. The van der Waals surface area contributed by atoms with Crippen LogP contribution in [0.2, 0.25) is 0 Å². The van der Waals surface area contributed by atoms with E-state index in [1.54, 1.807) is 13.3 Å². The molecule has 3 heterocycles. The van der Waals surface area contributed by atoms with E-state index in [0.717, 1.165) is 28.1 Å².